The lowest BCUT2D eigenvalue weighted by atomic mass is 9.69. The van der Waals surface area contributed by atoms with Crippen LogP contribution in [0.25, 0.3) is 0 Å². The highest BCUT2D eigenvalue weighted by atomic mass is 16.4. The van der Waals surface area contributed by atoms with E-state index < -0.39 is 5.97 Å². The van der Waals surface area contributed by atoms with Gasteiger partial charge in [-0.3, -0.25) is 4.79 Å². The third kappa shape index (κ3) is 4.01. The lowest BCUT2D eigenvalue weighted by Crippen LogP contribution is -2.30. The van der Waals surface area contributed by atoms with E-state index in [2.05, 4.69) is 39.8 Å². The predicted octanol–water partition coefficient (Wildman–Crippen LogP) is 5.90. The number of aliphatic hydroxyl groups excluding tert-OH is 1. The molecule has 0 heterocycles. The molecule has 0 bridgehead atoms. The average molecular weight is 387 g/mol. The standard InChI is InChI=1S/C25H38O3/c1-15-10-12-25(5)13-11-20(18(4)24(27)28)21(25)9-7-16(2)19-8-6-17(3)23(19)22(26)14-15/h7,10,17-18,20-22,26H,6,8-9,11-14H2,1-5H3,(H,27,28)/t17-,18-,20-,21+,22-,25+/m0/s1. The van der Waals surface area contributed by atoms with Crippen LogP contribution in [0.2, 0.25) is 0 Å². The Labute approximate surface area is 170 Å². The molecular formula is C25H38O3. The van der Waals surface area contributed by atoms with Crippen molar-refractivity contribution in [3.8, 4) is 0 Å². The van der Waals surface area contributed by atoms with E-state index in [-0.39, 0.29) is 23.4 Å². The van der Waals surface area contributed by atoms with Gasteiger partial charge in [0.2, 0.25) is 0 Å². The van der Waals surface area contributed by atoms with E-state index in [4.69, 9.17) is 0 Å². The number of carbonyl (C=O) groups is 1. The highest BCUT2D eigenvalue weighted by Gasteiger charge is 2.47. The van der Waals surface area contributed by atoms with Gasteiger partial charge in [0.05, 0.1) is 12.0 Å². The summed E-state index contributed by atoms with van der Waals surface area (Å²) in [6.07, 6.45) is 11.2. The van der Waals surface area contributed by atoms with Crippen LogP contribution in [0.4, 0.5) is 0 Å². The number of rotatable bonds is 2. The monoisotopic (exact) mass is 386 g/mol. The molecule has 0 aromatic heterocycles. The molecule has 3 nitrogen and oxygen atoms in total. The maximum absolute atomic E-state index is 11.7. The molecule has 2 N–H and O–H groups in total. The molecule has 3 aliphatic carbocycles. The van der Waals surface area contributed by atoms with Gasteiger partial charge in [-0.15, -0.1) is 0 Å². The fourth-order valence-corrected chi connectivity index (χ4v) is 6.14. The van der Waals surface area contributed by atoms with Crippen molar-refractivity contribution in [2.75, 3.05) is 0 Å². The molecule has 3 rings (SSSR count). The molecule has 0 radical (unpaired) electrons. The minimum Gasteiger partial charge on any atom is -0.481 e. The van der Waals surface area contributed by atoms with Crippen LogP contribution in [0.1, 0.15) is 79.6 Å². The third-order valence-corrected chi connectivity index (χ3v) is 8.14. The largest absolute Gasteiger partial charge is 0.481 e. The van der Waals surface area contributed by atoms with E-state index in [1.54, 1.807) is 0 Å². The molecule has 0 saturated heterocycles. The molecule has 1 saturated carbocycles. The molecule has 6 atom stereocenters. The Morgan fingerprint density at radius 3 is 2.64 bits per heavy atom. The SMILES string of the molecule is CC1=CC[C@]2(C)CC[C@@H]([C@H](C)C(=O)O)[C@H]2CC=C(C)C2=C([C@@H](C)CC2)[C@@H](O)C1. The van der Waals surface area contributed by atoms with Crippen molar-refractivity contribution in [3.05, 3.63) is 34.4 Å². The van der Waals surface area contributed by atoms with Crippen molar-refractivity contribution in [1.82, 2.24) is 0 Å². The van der Waals surface area contributed by atoms with Gasteiger partial charge < -0.3 is 10.2 Å². The van der Waals surface area contributed by atoms with Crippen LogP contribution in [0.15, 0.2) is 34.4 Å². The lowest BCUT2D eigenvalue weighted by molar-refractivity contribution is -0.143. The second-order valence-electron chi connectivity index (χ2n) is 10.1. The molecule has 0 spiro atoms. The molecule has 0 aliphatic heterocycles. The molecule has 1 fully saturated rings. The Balaban J connectivity index is 2.01. The van der Waals surface area contributed by atoms with Gasteiger partial charge in [-0.05, 0) is 93.1 Å². The maximum atomic E-state index is 11.7. The van der Waals surface area contributed by atoms with Crippen LogP contribution in [0, 0.1) is 29.1 Å². The fourth-order valence-electron chi connectivity index (χ4n) is 6.14. The first kappa shape index (κ1) is 21.4. The lowest BCUT2D eigenvalue weighted by Gasteiger charge is -2.35. The van der Waals surface area contributed by atoms with E-state index >= 15 is 0 Å². The van der Waals surface area contributed by atoms with Gasteiger partial charge in [0, 0.05) is 0 Å². The van der Waals surface area contributed by atoms with Gasteiger partial charge in [0.25, 0.3) is 0 Å². The number of hydrogen-bond acceptors (Lipinski definition) is 2. The van der Waals surface area contributed by atoms with Crippen LogP contribution in [0.5, 0.6) is 0 Å². The zero-order chi connectivity index (χ0) is 20.6. The molecule has 0 amide bonds. The van der Waals surface area contributed by atoms with E-state index in [0.29, 0.717) is 18.3 Å². The van der Waals surface area contributed by atoms with Crippen molar-refractivity contribution >= 4 is 5.97 Å². The summed E-state index contributed by atoms with van der Waals surface area (Å²) in [5.74, 6) is 0.127. The predicted molar refractivity (Wildman–Crippen MR) is 114 cm³/mol. The summed E-state index contributed by atoms with van der Waals surface area (Å²) in [4.78, 5) is 11.7. The van der Waals surface area contributed by atoms with Crippen LogP contribution in [-0.2, 0) is 4.79 Å². The smallest absolute Gasteiger partial charge is 0.306 e. The van der Waals surface area contributed by atoms with Crippen LogP contribution >= 0.6 is 0 Å². The van der Waals surface area contributed by atoms with Gasteiger partial charge in [-0.2, -0.15) is 0 Å². The van der Waals surface area contributed by atoms with Crippen LogP contribution < -0.4 is 0 Å². The van der Waals surface area contributed by atoms with Crippen LogP contribution in [-0.4, -0.2) is 22.3 Å². The molecule has 28 heavy (non-hydrogen) atoms. The number of aliphatic hydroxyl groups is 1. The topological polar surface area (TPSA) is 57.5 Å². The number of carboxylic acids is 1. The quantitative estimate of drug-likeness (QED) is 0.581. The molecule has 0 unspecified atom stereocenters. The zero-order valence-electron chi connectivity index (χ0n) is 18.3. The van der Waals surface area contributed by atoms with Gasteiger partial charge >= 0.3 is 5.97 Å². The van der Waals surface area contributed by atoms with Gasteiger partial charge in [0.1, 0.15) is 0 Å². The molecule has 156 valence electrons. The number of allylic oxidation sites excluding steroid dienone is 4. The first-order valence-corrected chi connectivity index (χ1v) is 11.1. The number of carboxylic acid groups (broad SMARTS) is 1. The molecule has 3 heteroatoms. The molecule has 0 aromatic rings. The normalized spacial score (nSPS) is 37.9. The highest BCUT2D eigenvalue weighted by Crippen LogP contribution is 2.54. The second kappa shape index (κ2) is 8.18. The van der Waals surface area contributed by atoms with Gasteiger partial charge in [-0.25, -0.2) is 0 Å². The van der Waals surface area contributed by atoms with Gasteiger partial charge in [-0.1, -0.05) is 44.1 Å². The Kier molecular flexibility index (Phi) is 6.24. The summed E-state index contributed by atoms with van der Waals surface area (Å²) in [6.45, 7) is 10.8. The van der Waals surface area contributed by atoms with E-state index in [1.807, 2.05) is 6.92 Å². The summed E-state index contributed by atoms with van der Waals surface area (Å²) >= 11 is 0. The second-order valence-corrected chi connectivity index (χ2v) is 10.1. The summed E-state index contributed by atoms with van der Waals surface area (Å²) in [7, 11) is 0. The molecule has 0 aromatic carbocycles. The number of hydrogen-bond donors (Lipinski definition) is 2. The fraction of sp³-hybridized carbons (Fsp3) is 0.720. The Bertz CT molecular complexity index is 713. The van der Waals surface area contributed by atoms with Crippen molar-refractivity contribution in [1.29, 1.82) is 0 Å². The maximum Gasteiger partial charge on any atom is 0.306 e. The first-order chi connectivity index (χ1) is 13.1. The van der Waals surface area contributed by atoms with Crippen molar-refractivity contribution in [2.24, 2.45) is 29.1 Å². The van der Waals surface area contributed by atoms with E-state index in [0.717, 1.165) is 38.5 Å². The minimum absolute atomic E-state index is 0.136. The third-order valence-electron chi connectivity index (χ3n) is 8.14. The summed E-state index contributed by atoms with van der Waals surface area (Å²) in [5, 5.41) is 20.6. The van der Waals surface area contributed by atoms with Crippen molar-refractivity contribution in [3.63, 3.8) is 0 Å². The van der Waals surface area contributed by atoms with E-state index in [1.165, 1.54) is 22.3 Å². The summed E-state index contributed by atoms with van der Waals surface area (Å²) in [6, 6.07) is 0. The average Bonchev–Trinajstić information content (AvgIpc) is 3.17. The first-order valence-electron chi connectivity index (χ1n) is 11.1. The number of aliphatic carboxylic acids is 1. The summed E-state index contributed by atoms with van der Waals surface area (Å²) < 4.78 is 0. The highest BCUT2D eigenvalue weighted by molar-refractivity contribution is 5.70. The van der Waals surface area contributed by atoms with Crippen LogP contribution in [0.3, 0.4) is 0 Å². The summed E-state index contributed by atoms with van der Waals surface area (Å²) in [5.41, 5.74) is 5.30. The molecule has 3 aliphatic rings. The van der Waals surface area contributed by atoms with Crippen molar-refractivity contribution < 1.29 is 15.0 Å². The zero-order valence-corrected chi connectivity index (χ0v) is 18.3. The minimum atomic E-state index is -0.662. The Hall–Kier alpha value is -1.35. The number of fused-ring (bicyclic) bond motifs is 1. The Morgan fingerprint density at radius 2 is 1.96 bits per heavy atom. The molecular weight excluding hydrogens is 348 g/mol. The van der Waals surface area contributed by atoms with Gasteiger partial charge in [0.15, 0.2) is 0 Å². The van der Waals surface area contributed by atoms with E-state index in [9.17, 15) is 15.0 Å². The van der Waals surface area contributed by atoms with Crippen molar-refractivity contribution in [2.45, 2.75) is 85.7 Å². The Morgan fingerprint density at radius 1 is 1.25 bits per heavy atom.